The number of nitrogens with zero attached hydrogens (tertiary/aromatic N) is 3. The Labute approximate surface area is 209 Å². The SMILES string of the molecule is CCO/C=C/c1cc(-n2nc(COCc3ccccc3)n(CC)c2=O)c(F)cc1C(=O)OC(C)(C)C. The van der Waals surface area contributed by atoms with Crippen LogP contribution >= 0.6 is 0 Å². The van der Waals surface area contributed by atoms with Crippen molar-refractivity contribution in [1.82, 2.24) is 14.3 Å². The lowest BCUT2D eigenvalue weighted by atomic mass is 10.1. The van der Waals surface area contributed by atoms with Gasteiger partial charge < -0.3 is 14.2 Å². The molecule has 0 aliphatic rings. The van der Waals surface area contributed by atoms with Crippen molar-refractivity contribution < 1.29 is 23.4 Å². The van der Waals surface area contributed by atoms with E-state index in [1.165, 1.54) is 23.0 Å². The molecular formula is C27H32FN3O5. The van der Waals surface area contributed by atoms with E-state index in [0.29, 0.717) is 31.1 Å². The molecule has 1 aromatic heterocycles. The fourth-order valence-electron chi connectivity index (χ4n) is 3.46. The molecule has 0 aliphatic heterocycles. The zero-order valence-electron chi connectivity index (χ0n) is 21.3. The van der Waals surface area contributed by atoms with Crippen molar-refractivity contribution in [2.75, 3.05) is 6.61 Å². The number of hydrogen-bond acceptors (Lipinski definition) is 6. The Bertz CT molecular complexity index is 1270. The molecule has 9 heteroatoms. The molecule has 192 valence electrons. The van der Waals surface area contributed by atoms with Crippen LogP contribution in [0.15, 0.2) is 53.5 Å². The third-order valence-corrected chi connectivity index (χ3v) is 5.07. The molecule has 1 heterocycles. The van der Waals surface area contributed by atoms with Gasteiger partial charge >= 0.3 is 11.7 Å². The zero-order chi connectivity index (χ0) is 26.3. The Morgan fingerprint density at radius 3 is 2.47 bits per heavy atom. The summed E-state index contributed by atoms with van der Waals surface area (Å²) in [4.78, 5) is 25.8. The first-order valence-electron chi connectivity index (χ1n) is 11.8. The minimum atomic E-state index is -0.788. The molecule has 3 aromatic rings. The average molecular weight is 498 g/mol. The molecule has 0 amide bonds. The fraction of sp³-hybridized carbons (Fsp3) is 0.370. The number of esters is 1. The highest BCUT2D eigenvalue weighted by Crippen LogP contribution is 2.23. The van der Waals surface area contributed by atoms with Crippen LogP contribution in [0.2, 0.25) is 0 Å². The molecule has 0 bridgehead atoms. The second kappa shape index (κ2) is 11.8. The predicted molar refractivity (Wildman–Crippen MR) is 134 cm³/mol. The molecule has 0 spiro atoms. The summed E-state index contributed by atoms with van der Waals surface area (Å²) in [6, 6.07) is 12.0. The lowest BCUT2D eigenvalue weighted by Crippen LogP contribution is -2.26. The second-order valence-corrected chi connectivity index (χ2v) is 8.98. The van der Waals surface area contributed by atoms with Crippen molar-refractivity contribution in [3.05, 3.63) is 87.5 Å². The van der Waals surface area contributed by atoms with Crippen molar-refractivity contribution in [1.29, 1.82) is 0 Å². The maximum Gasteiger partial charge on any atom is 0.350 e. The van der Waals surface area contributed by atoms with Gasteiger partial charge in [0.2, 0.25) is 0 Å². The standard InChI is InChI=1S/C27H32FN3O5/c1-6-30-24(18-35-17-19-11-9-8-10-12-19)29-31(26(30)33)23-15-20(13-14-34-7-2)21(16-22(23)28)25(32)36-27(3,4)5/h8-16H,6-7,17-18H2,1-5H3/b14-13+. The van der Waals surface area contributed by atoms with E-state index in [2.05, 4.69) is 5.10 Å². The van der Waals surface area contributed by atoms with Crippen LogP contribution < -0.4 is 5.69 Å². The number of ether oxygens (including phenoxy) is 3. The molecule has 2 aromatic carbocycles. The smallest absolute Gasteiger partial charge is 0.350 e. The third kappa shape index (κ3) is 6.69. The molecule has 0 unspecified atom stereocenters. The second-order valence-electron chi connectivity index (χ2n) is 8.98. The van der Waals surface area contributed by atoms with Gasteiger partial charge in [-0.3, -0.25) is 4.57 Å². The quantitative estimate of drug-likeness (QED) is 0.293. The van der Waals surface area contributed by atoms with Crippen LogP contribution in [0.3, 0.4) is 0 Å². The van der Waals surface area contributed by atoms with Crippen LogP contribution in [0.5, 0.6) is 0 Å². The Balaban J connectivity index is 1.98. The maximum atomic E-state index is 15.3. The summed E-state index contributed by atoms with van der Waals surface area (Å²) in [5, 5.41) is 4.34. The molecule has 0 saturated carbocycles. The van der Waals surface area contributed by atoms with Crippen molar-refractivity contribution in [2.45, 2.75) is 60.0 Å². The summed E-state index contributed by atoms with van der Waals surface area (Å²) in [6.07, 6.45) is 2.93. The molecule has 0 aliphatic carbocycles. The van der Waals surface area contributed by atoms with Crippen LogP contribution in [-0.2, 0) is 34.0 Å². The lowest BCUT2D eigenvalue weighted by Gasteiger charge is -2.20. The molecule has 36 heavy (non-hydrogen) atoms. The summed E-state index contributed by atoms with van der Waals surface area (Å²) in [7, 11) is 0. The van der Waals surface area contributed by atoms with Crippen molar-refractivity contribution >= 4 is 12.0 Å². The van der Waals surface area contributed by atoms with Gasteiger partial charge in [0.25, 0.3) is 0 Å². The summed E-state index contributed by atoms with van der Waals surface area (Å²) in [6.45, 7) is 9.95. The summed E-state index contributed by atoms with van der Waals surface area (Å²) < 4.78 is 34.1. The van der Waals surface area contributed by atoms with Crippen LogP contribution in [-0.4, -0.2) is 32.5 Å². The van der Waals surface area contributed by atoms with E-state index in [0.717, 1.165) is 16.3 Å². The van der Waals surface area contributed by atoms with E-state index in [9.17, 15) is 9.59 Å². The Morgan fingerprint density at radius 2 is 1.83 bits per heavy atom. The highest BCUT2D eigenvalue weighted by molar-refractivity contribution is 5.94. The van der Waals surface area contributed by atoms with Gasteiger partial charge in [-0.05, 0) is 64.0 Å². The Kier molecular flexibility index (Phi) is 8.82. The van der Waals surface area contributed by atoms with E-state index < -0.39 is 23.1 Å². The molecule has 8 nitrogen and oxygen atoms in total. The van der Waals surface area contributed by atoms with Gasteiger partial charge in [-0.1, -0.05) is 30.3 Å². The minimum absolute atomic E-state index is 0.0107. The first kappa shape index (κ1) is 26.9. The molecule has 0 radical (unpaired) electrons. The zero-order valence-corrected chi connectivity index (χ0v) is 21.3. The number of carbonyl (C=O) groups is 1. The Hall–Kier alpha value is -3.72. The van der Waals surface area contributed by atoms with E-state index >= 15 is 4.39 Å². The number of hydrogen-bond donors (Lipinski definition) is 0. The first-order valence-corrected chi connectivity index (χ1v) is 11.8. The van der Waals surface area contributed by atoms with Crippen molar-refractivity contribution in [2.24, 2.45) is 0 Å². The van der Waals surface area contributed by atoms with Gasteiger partial charge in [0.15, 0.2) is 5.82 Å². The number of carbonyl (C=O) groups excluding carboxylic acids is 1. The average Bonchev–Trinajstić information content (AvgIpc) is 3.14. The first-order chi connectivity index (χ1) is 17.1. The lowest BCUT2D eigenvalue weighted by molar-refractivity contribution is 0.00688. The number of rotatable bonds is 10. The van der Waals surface area contributed by atoms with Gasteiger partial charge in [-0.25, -0.2) is 14.0 Å². The normalized spacial score (nSPS) is 11.7. The molecule has 3 rings (SSSR count). The molecule has 0 saturated heterocycles. The highest BCUT2D eigenvalue weighted by atomic mass is 19.1. The summed E-state index contributed by atoms with van der Waals surface area (Å²) in [5.41, 5.74) is -0.0553. The van der Waals surface area contributed by atoms with E-state index in [1.54, 1.807) is 27.7 Å². The van der Waals surface area contributed by atoms with Gasteiger partial charge in [0.05, 0.1) is 25.0 Å². The van der Waals surface area contributed by atoms with Crippen molar-refractivity contribution in [3.8, 4) is 5.69 Å². The Morgan fingerprint density at radius 1 is 1.11 bits per heavy atom. The summed E-state index contributed by atoms with van der Waals surface area (Å²) >= 11 is 0. The maximum absolute atomic E-state index is 15.3. The van der Waals surface area contributed by atoms with E-state index in [1.807, 2.05) is 37.3 Å². The van der Waals surface area contributed by atoms with Gasteiger partial charge in [-0.15, -0.1) is 5.10 Å². The van der Waals surface area contributed by atoms with Gasteiger partial charge in [0.1, 0.15) is 23.7 Å². The van der Waals surface area contributed by atoms with Crippen LogP contribution in [0.1, 0.15) is 61.9 Å². The van der Waals surface area contributed by atoms with Crippen LogP contribution in [0.25, 0.3) is 11.8 Å². The number of halogens is 1. The molecule has 0 atom stereocenters. The fourth-order valence-corrected chi connectivity index (χ4v) is 3.46. The largest absolute Gasteiger partial charge is 0.501 e. The monoisotopic (exact) mass is 497 g/mol. The van der Waals surface area contributed by atoms with Crippen molar-refractivity contribution in [3.63, 3.8) is 0 Å². The van der Waals surface area contributed by atoms with Crippen LogP contribution in [0, 0.1) is 5.82 Å². The minimum Gasteiger partial charge on any atom is -0.501 e. The topological polar surface area (TPSA) is 84.6 Å². The molecule has 0 N–H and O–H groups in total. The molecule has 0 fully saturated rings. The van der Waals surface area contributed by atoms with Gasteiger partial charge in [0, 0.05) is 6.54 Å². The number of benzene rings is 2. The third-order valence-electron chi connectivity index (χ3n) is 5.07. The van der Waals surface area contributed by atoms with E-state index in [-0.39, 0.29) is 17.9 Å². The van der Waals surface area contributed by atoms with E-state index in [4.69, 9.17) is 14.2 Å². The molecular weight excluding hydrogens is 465 g/mol. The predicted octanol–water partition coefficient (Wildman–Crippen LogP) is 4.87. The number of aromatic nitrogens is 3. The highest BCUT2D eigenvalue weighted by Gasteiger charge is 2.24. The van der Waals surface area contributed by atoms with Gasteiger partial charge in [-0.2, -0.15) is 4.68 Å². The summed E-state index contributed by atoms with van der Waals surface area (Å²) in [5.74, 6) is -1.12. The van der Waals surface area contributed by atoms with Crippen LogP contribution in [0.4, 0.5) is 4.39 Å².